The summed E-state index contributed by atoms with van der Waals surface area (Å²) in [6.07, 6.45) is 14.5. The van der Waals surface area contributed by atoms with Crippen molar-refractivity contribution in [1.29, 1.82) is 0 Å². The predicted octanol–water partition coefficient (Wildman–Crippen LogP) is 1.93. The van der Waals surface area contributed by atoms with E-state index in [9.17, 15) is 27.6 Å². The van der Waals surface area contributed by atoms with E-state index >= 15 is 0 Å². The van der Waals surface area contributed by atoms with E-state index in [0.29, 0.717) is 32.8 Å². The maximum absolute atomic E-state index is 12.2. The van der Waals surface area contributed by atoms with Crippen molar-refractivity contribution < 1.29 is 46.5 Å². The molecule has 0 bridgehead atoms. The van der Waals surface area contributed by atoms with Crippen molar-refractivity contribution in [2.24, 2.45) is 0 Å². The zero-order valence-electron chi connectivity index (χ0n) is 30.4. The van der Waals surface area contributed by atoms with Gasteiger partial charge in [-0.25, -0.2) is 13.5 Å². The number of aryl methyl sites for hydroxylation is 1. The number of ketones is 1. The highest BCUT2D eigenvalue weighted by molar-refractivity contribution is 7.90. The first-order chi connectivity index (χ1) is 24.7. The number of nitrogens with zero attached hydrogens (tertiary/aromatic N) is 3. The number of sulfonamides is 1. The molecule has 0 aromatic carbocycles. The summed E-state index contributed by atoms with van der Waals surface area (Å²) in [5.41, 5.74) is 0. The van der Waals surface area contributed by atoms with Crippen LogP contribution in [0.3, 0.4) is 0 Å². The highest BCUT2D eigenvalue weighted by Crippen LogP contribution is 2.13. The highest BCUT2D eigenvalue weighted by atomic mass is 32.2. The molecule has 0 unspecified atom stereocenters. The van der Waals surface area contributed by atoms with Gasteiger partial charge in [-0.05, 0) is 36.6 Å². The van der Waals surface area contributed by atoms with Crippen LogP contribution in [0.5, 0.6) is 0 Å². The van der Waals surface area contributed by atoms with Crippen molar-refractivity contribution in [3.8, 4) is 0 Å². The fourth-order valence-corrected chi connectivity index (χ4v) is 5.89. The molecule has 0 radical (unpaired) electrons. The second kappa shape index (κ2) is 31.7. The Kier molecular flexibility index (Phi) is 28.5. The number of aromatic amines is 1. The van der Waals surface area contributed by atoms with Gasteiger partial charge in [0.1, 0.15) is 19.0 Å². The molecule has 0 aliphatic heterocycles. The Balaban J connectivity index is 1.86. The Bertz CT molecular complexity index is 1160. The first-order valence-corrected chi connectivity index (χ1v) is 19.9. The van der Waals surface area contributed by atoms with E-state index in [0.717, 1.165) is 37.9 Å². The SMILES string of the molecule is CC(=O)COCCOCCNC(=O)COCCOCCNC(=O)CCCS(=O)(=O)NC(=O)CCCCCCCCCCCCCCc1nnn[nH]1. The molecule has 0 aliphatic rings. The Morgan fingerprint density at radius 3 is 1.69 bits per heavy atom. The molecular formula is C33H61N7O10S. The number of Topliss-reactive ketones (excluding diaryl/α,β-unsaturated/α-hetero) is 1. The largest absolute Gasteiger partial charge is 0.377 e. The summed E-state index contributed by atoms with van der Waals surface area (Å²) in [5.74, 6) is -0.617. The molecule has 294 valence electrons. The number of tetrazole rings is 1. The zero-order chi connectivity index (χ0) is 37.3. The van der Waals surface area contributed by atoms with E-state index in [1.54, 1.807) is 0 Å². The molecule has 0 saturated heterocycles. The number of rotatable bonds is 36. The summed E-state index contributed by atoms with van der Waals surface area (Å²) in [5, 5.41) is 19.1. The molecule has 1 aromatic heterocycles. The first-order valence-electron chi connectivity index (χ1n) is 18.3. The summed E-state index contributed by atoms with van der Waals surface area (Å²) in [6, 6.07) is 0. The van der Waals surface area contributed by atoms with Crippen LogP contribution >= 0.6 is 0 Å². The Labute approximate surface area is 302 Å². The number of carbonyl (C=O) groups is 4. The van der Waals surface area contributed by atoms with Gasteiger partial charge in [-0.3, -0.25) is 23.9 Å². The molecule has 1 rings (SSSR count). The molecular weight excluding hydrogens is 686 g/mol. The fraction of sp³-hybridized carbons (Fsp3) is 0.848. The van der Waals surface area contributed by atoms with Crippen LogP contribution in [-0.2, 0) is 54.6 Å². The Morgan fingerprint density at radius 2 is 1.12 bits per heavy atom. The van der Waals surface area contributed by atoms with Crippen molar-refractivity contribution in [2.75, 3.05) is 71.7 Å². The molecule has 51 heavy (non-hydrogen) atoms. The van der Waals surface area contributed by atoms with E-state index in [4.69, 9.17) is 18.9 Å². The van der Waals surface area contributed by atoms with Crippen LogP contribution in [0.1, 0.15) is 109 Å². The van der Waals surface area contributed by atoms with E-state index in [-0.39, 0.29) is 82.2 Å². The van der Waals surface area contributed by atoms with Gasteiger partial charge in [0.05, 0.1) is 45.4 Å². The fourth-order valence-electron chi connectivity index (χ4n) is 4.81. The third-order valence-corrected chi connectivity index (χ3v) is 8.83. The number of ether oxygens (including phenoxy) is 4. The lowest BCUT2D eigenvalue weighted by Gasteiger charge is -2.09. The molecule has 1 heterocycles. The molecule has 17 nitrogen and oxygen atoms in total. The van der Waals surface area contributed by atoms with Gasteiger partial charge in [0.25, 0.3) is 0 Å². The van der Waals surface area contributed by atoms with Crippen LogP contribution in [-0.4, -0.2) is 124 Å². The quantitative estimate of drug-likeness (QED) is 0.0720. The zero-order valence-corrected chi connectivity index (χ0v) is 31.2. The molecule has 0 aliphatic carbocycles. The minimum absolute atomic E-state index is 0.00863. The first kappa shape index (κ1) is 46.0. The van der Waals surface area contributed by atoms with Gasteiger partial charge >= 0.3 is 0 Å². The van der Waals surface area contributed by atoms with Crippen LogP contribution in [0, 0.1) is 0 Å². The smallest absolute Gasteiger partial charge is 0.246 e. The molecule has 18 heteroatoms. The summed E-state index contributed by atoms with van der Waals surface area (Å²) in [4.78, 5) is 46.5. The van der Waals surface area contributed by atoms with Crippen molar-refractivity contribution in [3.63, 3.8) is 0 Å². The van der Waals surface area contributed by atoms with Gasteiger partial charge in [0.15, 0.2) is 5.78 Å². The molecule has 0 fully saturated rings. The number of hydrogen-bond donors (Lipinski definition) is 4. The normalized spacial score (nSPS) is 11.4. The van der Waals surface area contributed by atoms with Crippen molar-refractivity contribution in [1.82, 2.24) is 36.0 Å². The van der Waals surface area contributed by atoms with Crippen LogP contribution in [0.4, 0.5) is 0 Å². The van der Waals surface area contributed by atoms with Gasteiger partial charge in [-0.2, -0.15) is 0 Å². The minimum atomic E-state index is -3.79. The standard InChI is InChI=1S/C33H61N7O10S/c1-29(41)27-49-24-22-48-21-19-35-33(44)28-50-25-23-47-20-18-34-31(42)17-14-26-51(45,46)38-32(43)16-13-11-9-7-5-3-2-4-6-8-10-12-15-30-36-39-40-37-30/h2-28H2,1H3,(H,34,42)(H,35,44)(H,38,43)(H,36,37,39,40). The summed E-state index contributed by atoms with van der Waals surface area (Å²) < 4.78 is 47.4. The second-order valence-corrected chi connectivity index (χ2v) is 14.1. The number of carbonyl (C=O) groups excluding carboxylic acids is 4. The number of aromatic nitrogens is 4. The van der Waals surface area contributed by atoms with Gasteiger partial charge in [0, 0.05) is 32.4 Å². The average Bonchev–Trinajstić information content (AvgIpc) is 3.60. The maximum Gasteiger partial charge on any atom is 0.246 e. The topological polar surface area (TPSA) is 230 Å². The van der Waals surface area contributed by atoms with Gasteiger partial charge in [-0.1, -0.05) is 64.2 Å². The molecule has 1 aromatic rings. The molecule has 0 atom stereocenters. The van der Waals surface area contributed by atoms with Gasteiger partial charge < -0.3 is 29.6 Å². The molecule has 4 N–H and O–H groups in total. The van der Waals surface area contributed by atoms with Crippen LogP contribution in [0.25, 0.3) is 0 Å². The van der Waals surface area contributed by atoms with Crippen LogP contribution in [0.15, 0.2) is 0 Å². The molecule has 0 saturated carbocycles. The third-order valence-electron chi connectivity index (χ3n) is 7.46. The highest BCUT2D eigenvalue weighted by Gasteiger charge is 2.15. The van der Waals surface area contributed by atoms with Crippen molar-refractivity contribution in [3.05, 3.63) is 5.82 Å². The number of nitrogens with one attached hydrogen (secondary N) is 4. The predicted molar refractivity (Wildman–Crippen MR) is 189 cm³/mol. The van der Waals surface area contributed by atoms with Gasteiger partial charge in [-0.15, -0.1) is 5.10 Å². The van der Waals surface area contributed by atoms with E-state index in [1.165, 1.54) is 51.9 Å². The van der Waals surface area contributed by atoms with Crippen molar-refractivity contribution >= 4 is 33.5 Å². The second-order valence-electron chi connectivity index (χ2n) is 12.3. The Morgan fingerprint density at radius 1 is 0.608 bits per heavy atom. The summed E-state index contributed by atoms with van der Waals surface area (Å²) >= 11 is 0. The number of amides is 3. The Hall–Kier alpha value is -3.06. The number of unbranched alkanes of at least 4 members (excludes halogenated alkanes) is 11. The third kappa shape index (κ3) is 31.4. The van der Waals surface area contributed by atoms with Gasteiger partial charge in [0.2, 0.25) is 27.7 Å². The molecule has 0 spiro atoms. The minimum Gasteiger partial charge on any atom is -0.377 e. The summed E-state index contributed by atoms with van der Waals surface area (Å²) in [7, 11) is -3.79. The van der Waals surface area contributed by atoms with E-state index in [1.807, 2.05) is 0 Å². The monoisotopic (exact) mass is 747 g/mol. The summed E-state index contributed by atoms with van der Waals surface area (Å²) in [6.45, 7) is 3.55. The number of H-pyrrole nitrogens is 1. The van der Waals surface area contributed by atoms with E-state index in [2.05, 4.69) is 36.0 Å². The van der Waals surface area contributed by atoms with Crippen molar-refractivity contribution in [2.45, 2.75) is 110 Å². The maximum atomic E-state index is 12.2. The van der Waals surface area contributed by atoms with E-state index < -0.39 is 15.9 Å². The number of hydrogen-bond acceptors (Lipinski definition) is 13. The van der Waals surface area contributed by atoms with Crippen LogP contribution in [0.2, 0.25) is 0 Å². The lowest BCUT2D eigenvalue weighted by Crippen LogP contribution is -2.33. The van der Waals surface area contributed by atoms with Crippen LogP contribution < -0.4 is 15.4 Å². The molecule has 3 amide bonds. The lowest BCUT2D eigenvalue weighted by molar-refractivity contribution is -0.127. The average molecular weight is 748 g/mol. The lowest BCUT2D eigenvalue weighted by atomic mass is 10.0.